The number of aliphatic carboxylic acids is 1. The molecule has 1 fully saturated rings. The van der Waals surface area contributed by atoms with Gasteiger partial charge in [-0.2, -0.15) is 5.10 Å². The minimum atomic E-state index is -2.60. The molecule has 6 nitrogen and oxygen atoms in total. The molecule has 1 aliphatic rings. The van der Waals surface area contributed by atoms with Crippen molar-refractivity contribution in [2.24, 2.45) is 5.92 Å². The number of carboxylic acid groups (broad SMARTS) is 1. The lowest BCUT2D eigenvalue weighted by molar-refractivity contribution is -0.138. The molecule has 2 aromatic heterocycles. The first kappa shape index (κ1) is 19.5. The second-order valence-electron chi connectivity index (χ2n) is 7.26. The number of hydrogen-bond acceptors (Lipinski definition) is 4. The van der Waals surface area contributed by atoms with Gasteiger partial charge in [0.05, 0.1) is 5.39 Å². The highest BCUT2D eigenvalue weighted by molar-refractivity contribution is 5.84. The number of aromatic nitrogens is 3. The summed E-state index contributed by atoms with van der Waals surface area (Å²) in [7, 11) is 0. The monoisotopic (exact) mass is 380 g/mol. The summed E-state index contributed by atoms with van der Waals surface area (Å²) in [6.45, 7) is 5.82. The first-order valence-corrected chi connectivity index (χ1v) is 9.53. The molecule has 1 aliphatic heterocycles. The first-order chi connectivity index (χ1) is 12.9. The van der Waals surface area contributed by atoms with Crippen LogP contribution >= 0.6 is 0 Å². The second kappa shape index (κ2) is 8.19. The summed E-state index contributed by atoms with van der Waals surface area (Å²) in [6.07, 6.45) is 0.939. The maximum absolute atomic E-state index is 13.7. The average molecular weight is 380 g/mol. The normalized spacial score (nSPS) is 15.8. The molecule has 0 atom stereocenters. The lowest BCUT2D eigenvalue weighted by Gasteiger charge is -2.32. The van der Waals surface area contributed by atoms with E-state index in [2.05, 4.69) is 17.0 Å². The Bertz CT molecular complexity index is 814. The molecule has 1 N–H and O–H groups in total. The molecule has 0 amide bonds. The molecule has 3 heterocycles. The number of carboxylic acids is 1. The molecule has 148 valence electrons. The summed E-state index contributed by atoms with van der Waals surface area (Å²) in [6, 6.07) is 1.48. The van der Waals surface area contributed by atoms with E-state index in [9.17, 15) is 13.6 Å². The van der Waals surface area contributed by atoms with E-state index in [0.29, 0.717) is 36.5 Å². The standard InChI is InChI=1S/C19H26F2N4O2/c1-3-4-7-25-12(2)17-14(18(20)21)11-15(22-19(17)23-25)24-8-5-13(6-9-24)10-16(26)27/h11,13,18H,3-10H2,1-2H3,(H,26,27). The summed E-state index contributed by atoms with van der Waals surface area (Å²) in [5, 5.41) is 13.9. The van der Waals surface area contributed by atoms with Crippen LogP contribution in [0.25, 0.3) is 11.0 Å². The van der Waals surface area contributed by atoms with Crippen molar-refractivity contribution in [3.05, 3.63) is 17.3 Å². The van der Waals surface area contributed by atoms with Crippen molar-refractivity contribution in [3.63, 3.8) is 0 Å². The van der Waals surface area contributed by atoms with Crippen molar-refractivity contribution >= 4 is 22.8 Å². The number of piperidine rings is 1. The van der Waals surface area contributed by atoms with Crippen LogP contribution in [0.15, 0.2) is 6.07 Å². The van der Waals surface area contributed by atoms with Gasteiger partial charge in [-0.1, -0.05) is 13.3 Å². The number of halogens is 2. The van der Waals surface area contributed by atoms with Crippen molar-refractivity contribution < 1.29 is 18.7 Å². The van der Waals surface area contributed by atoms with E-state index in [1.165, 1.54) is 6.07 Å². The van der Waals surface area contributed by atoms with Gasteiger partial charge in [0.2, 0.25) is 0 Å². The zero-order valence-electron chi connectivity index (χ0n) is 15.8. The summed E-state index contributed by atoms with van der Waals surface area (Å²) in [4.78, 5) is 17.4. The van der Waals surface area contributed by atoms with Crippen LogP contribution in [0, 0.1) is 12.8 Å². The maximum atomic E-state index is 13.7. The minimum absolute atomic E-state index is 0.0251. The quantitative estimate of drug-likeness (QED) is 0.781. The SMILES string of the molecule is CCCCn1nc2nc(N3CCC(CC(=O)O)CC3)cc(C(F)F)c2c1C. The molecule has 0 spiro atoms. The lowest BCUT2D eigenvalue weighted by Crippen LogP contribution is -2.35. The zero-order chi connectivity index (χ0) is 19.6. The van der Waals surface area contributed by atoms with Gasteiger partial charge in [-0.3, -0.25) is 9.48 Å². The molecule has 27 heavy (non-hydrogen) atoms. The first-order valence-electron chi connectivity index (χ1n) is 9.53. The fourth-order valence-electron chi connectivity index (χ4n) is 3.77. The molecule has 1 saturated heterocycles. The van der Waals surface area contributed by atoms with Crippen molar-refractivity contribution in [1.29, 1.82) is 0 Å². The Morgan fingerprint density at radius 3 is 2.67 bits per heavy atom. The van der Waals surface area contributed by atoms with Crippen molar-refractivity contribution in [2.45, 2.75) is 58.9 Å². The average Bonchev–Trinajstić information content (AvgIpc) is 2.95. The number of alkyl halides is 2. The molecule has 2 aromatic rings. The van der Waals surface area contributed by atoms with Gasteiger partial charge >= 0.3 is 5.97 Å². The lowest BCUT2D eigenvalue weighted by atomic mass is 9.93. The van der Waals surface area contributed by atoms with Gasteiger partial charge in [-0.05, 0) is 38.2 Å². The third-order valence-corrected chi connectivity index (χ3v) is 5.34. The fraction of sp³-hybridized carbons (Fsp3) is 0.632. The number of rotatable bonds is 7. The van der Waals surface area contributed by atoms with Crippen molar-refractivity contribution in [2.75, 3.05) is 18.0 Å². The molecular formula is C19H26F2N4O2. The third kappa shape index (κ3) is 4.20. The number of pyridine rings is 1. The van der Waals surface area contributed by atoms with Gasteiger partial charge < -0.3 is 10.0 Å². The van der Waals surface area contributed by atoms with Crippen LogP contribution in [0.4, 0.5) is 14.6 Å². The zero-order valence-corrected chi connectivity index (χ0v) is 15.8. The molecule has 0 saturated carbocycles. The van der Waals surface area contributed by atoms with E-state index < -0.39 is 12.4 Å². The van der Waals surface area contributed by atoms with Crippen LogP contribution in [-0.2, 0) is 11.3 Å². The number of anilines is 1. The van der Waals surface area contributed by atoms with Crippen LogP contribution in [-0.4, -0.2) is 38.9 Å². The van der Waals surface area contributed by atoms with Gasteiger partial charge in [-0.15, -0.1) is 0 Å². The summed E-state index contributed by atoms with van der Waals surface area (Å²) in [5.74, 6) is -0.152. The Morgan fingerprint density at radius 2 is 2.07 bits per heavy atom. The molecule has 3 rings (SSSR count). The van der Waals surface area contributed by atoms with Crippen LogP contribution in [0.2, 0.25) is 0 Å². The van der Waals surface area contributed by atoms with Gasteiger partial charge in [0.15, 0.2) is 5.65 Å². The van der Waals surface area contributed by atoms with E-state index in [0.717, 1.165) is 31.4 Å². The summed E-state index contributed by atoms with van der Waals surface area (Å²) < 4.78 is 29.3. The number of carbonyl (C=O) groups is 1. The van der Waals surface area contributed by atoms with Crippen LogP contribution in [0.3, 0.4) is 0 Å². The highest BCUT2D eigenvalue weighted by Crippen LogP contribution is 2.33. The fourth-order valence-corrected chi connectivity index (χ4v) is 3.77. The Balaban J connectivity index is 1.89. The Kier molecular flexibility index (Phi) is 5.92. The predicted octanol–water partition coefficient (Wildman–Crippen LogP) is 4.17. The van der Waals surface area contributed by atoms with Crippen molar-refractivity contribution in [1.82, 2.24) is 14.8 Å². The van der Waals surface area contributed by atoms with E-state index in [4.69, 9.17) is 5.11 Å². The third-order valence-electron chi connectivity index (χ3n) is 5.34. The van der Waals surface area contributed by atoms with Crippen LogP contribution < -0.4 is 4.90 Å². The number of aryl methyl sites for hydroxylation is 2. The molecular weight excluding hydrogens is 354 g/mol. The highest BCUT2D eigenvalue weighted by Gasteiger charge is 2.25. The van der Waals surface area contributed by atoms with E-state index >= 15 is 0 Å². The van der Waals surface area contributed by atoms with E-state index in [-0.39, 0.29) is 17.9 Å². The second-order valence-corrected chi connectivity index (χ2v) is 7.26. The van der Waals surface area contributed by atoms with Crippen LogP contribution in [0.1, 0.15) is 56.7 Å². The van der Waals surface area contributed by atoms with Gasteiger partial charge in [-0.25, -0.2) is 13.8 Å². The molecule has 8 heteroatoms. The number of nitrogens with zero attached hydrogens (tertiary/aromatic N) is 4. The highest BCUT2D eigenvalue weighted by atomic mass is 19.3. The Labute approximate surface area is 157 Å². The topological polar surface area (TPSA) is 71.2 Å². The summed E-state index contributed by atoms with van der Waals surface area (Å²) >= 11 is 0. The molecule has 0 radical (unpaired) electrons. The minimum Gasteiger partial charge on any atom is -0.481 e. The molecule has 0 bridgehead atoms. The molecule has 0 aromatic carbocycles. The molecule has 0 aliphatic carbocycles. The molecule has 0 unspecified atom stereocenters. The van der Waals surface area contributed by atoms with Gasteiger partial charge in [0, 0.05) is 37.3 Å². The maximum Gasteiger partial charge on any atom is 0.303 e. The number of unbranched alkanes of at least 4 members (excludes halogenated alkanes) is 1. The predicted molar refractivity (Wildman–Crippen MR) is 99.3 cm³/mol. The van der Waals surface area contributed by atoms with E-state index in [1.54, 1.807) is 4.68 Å². The Morgan fingerprint density at radius 1 is 1.37 bits per heavy atom. The van der Waals surface area contributed by atoms with Crippen molar-refractivity contribution in [3.8, 4) is 0 Å². The van der Waals surface area contributed by atoms with Gasteiger partial charge in [0.25, 0.3) is 6.43 Å². The van der Waals surface area contributed by atoms with E-state index in [1.807, 2.05) is 11.8 Å². The van der Waals surface area contributed by atoms with Gasteiger partial charge in [0.1, 0.15) is 5.82 Å². The Hall–Kier alpha value is -2.25. The number of fused-ring (bicyclic) bond motifs is 1. The smallest absolute Gasteiger partial charge is 0.303 e. The van der Waals surface area contributed by atoms with Crippen LogP contribution in [0.5, 0.6) is 0 Å². The summed E-state index contributed by atoms with van der Waals surface area (Å²) in [5.41, 5.74) is 1.07. The largest absolute Gasteiger partial charge is 0.481 e. The number of hydrogen-bond donors (Lipinski definition) is 1.